The number of carboxylic acid groups (broad SMARTS) is 2. The largest absolute Gasteiger partial charge is 0.505 e. The van der Waals surface area contributed by atoms with E-state index < -0.39 is 23.4 Å². The number of carboxylic acids is 2. The number of phenols is 2. The van der Waals surface area contributed by atoms with Gasteiger partial charge in [0.15, 0.2) is 0 Å². The van der Waals surface area contributed by atoms with E-state index in [1.54, 1.807) is 0 Å². The highest BCUT2D eigenvalue weighted by atomic mass is 35.5. The molecule has 2 aromatic carbocycles. The number of rotatable bonds is 12. The molecule has 0 aliphatic heterocycles. The van der Waals surface area contributed by atoms with Crippen molar-refractivity contribution in [2.45, 2.75) is 125 Å². The van der Waals surface area contributed by atoms with E-state index in [0.29, 0.717) is 39.9 Å². The third kappa shape index (κ3) is 7.75. The summed E-state index contributed by atoms with van der Waals surface area (Å²) >= 11 is 12.6. The molecule has 2 aromatic rings. The first kappa shape index (κ1) is 40.0. The van der Waals surface area contributed by atoms with Crippen LogP contribution < -0.4 is 0 Å². The molecule has 4 saturated carbocycles. The fourth-order valence-electron chi connectivity index (χ4n) is 12.3. The molecule has 0 saturated heterocycles. The highest BCUT2D eigenvalue weighted by Gasteiger charge is 2.60. The van der Waals surface area contributed by atoms with Crippen LogP contribution in [-0.2, 0) is 0 Å². The number of hydrogen-bond donors (Lipinski definition) is 4. The molecule has 2 unspecified atom stereocenters. The van der Waals surface area contributed by atoms with Crippen LogP contribution in [0.25, 0.3) is 5.57 Å². The third-order valence-electron chi connectivity index (χ3n) is 15.1. The number of allylic oxidation sites excluding steroid dienone is 1. The standard InChI is InChI=1S/C45H60Cl2O6/c1-25(2)8-6-9-26(3)35-14-15-36-32-13-12-30-20-27(16-18-44(30,4)37(32)17-19-45(35,36)5)10-7-11-31(28-21-33(42(50)51)40(48)38(46)23-28)29-22-34(43(52)53)41(49)39(47)24-29/h11,21-27,30,32,35-37,48-49H,6-10,12-20H2,1-5H3,(H,50,51)(H,52,53)/t26-,27?,30?,32+,35-,36+,37+,44+,45-/m1/s1. The number of hydrogen-bond acceptors (Lipinski definition) is 4. The first-order valence-corrected chi connectivity index (χ1v) is 21.0. The average Bonchev–Trinajstić information content (AvgIpc) is 3.46. The molecule has 0 amide bonds. The number of benzene rings is 2. The summed E-state index contributed by atoms with van der Waals surface area (Å²) in [6.07, 6.45) is 19.8. The molecule has 0 heterocycles. The maximum atomic E-state index is 12.0. The van der Waals surface area contributed by atoms with Gasteiger partial charge in [0.05, 0.1) is 10.0 Å². The number of halogens is 2. The molecule has 0 radical (unpaired) electrons. The summed E-state index contributed by atoms with van der Waals surface area (Å²) in [5, 5.41) is 40.0. The van der Waals surface area contributed by atoms with Gasteiger partial charge in [0.25, 0.3) is 0 Å². The summed E-state index contributed by atoms with van der Waals surface area (Å²) in [7, 11) is 0. The number of aromatic hydroxyl groups is 2. The van der Waals surface area contributed by atoms with Crippen molar-refractivity contribution >= 4 is 40.7 Å². The van der Waals surface area contributed by atoms with Crippen molar-refractivity contribution in [3.8, 4) is 11.5 Å². The average molecular weight is 768 g/mol. The van der Waals surface area contributed by atoms with Crippen LogP contribution in [0.15, 0.2) is 30.3 Å². The molecule has 6 nitrogen and oxygen atoms in total. The highest BCUT2D eigenvalue weighted by molar-refractivity contribution is 6.33. The third-order valence-corrected chi connectivity index (χ3v) is 15.7. The van der Waals surface area contributed by atoms with Gasteiger partial charge in [-0.2, -0.15) is 0 Å². The van der Waals surface area contributed by atoms with Crippen LogP contribution in [0.4, 0.5) is 0 Å². The van der Waals surface area contributed by atoms with Crippen molar-refractivity contribution in [3.05, 3.63) is 62.6 Å². The molecule has 0 spiro atoms. The predicted molar refractivity (Wildman–Crippen MR) is 213 cm³/mol. The SMILES string of the molecule is CC(C)CCC[C@@H](C)[C@H]1CC[C@H]2[C@@H]3CCC4CC(CCC=C(c5cc(Cl)c(O)c(C(=O)O)c5)c5cc(Cl)c(O)c(C(=O)O)c5)CC[C@]4(C)[C@H]3CC[C@]12C. The Hall–Kier alpha value is -2.70. The van der Waals surface area contributed by atoms with Crippen molar-refractivity contribution < 1.29 is 30.0 Å². The Morgan fingerprint density at radius 3 is 1.96 bits per heavy atom. The molecule has 4 N–H and O–H groups in total. The summed E-state index contributed by atoms with van der Waals surface area (Å²) in [6, 6.07) is 5.65. The van der Waals surface area contributed by atoms with Crippen molar-refractivity contribution in [2.75, 3.05) is 0 Å². The van der Waals surface area contributed by atoms with Gasteiger partial charge in [-0.25, -0.2) is 9.59 Å². The molecule has 9 atom stereocenters. The fraction of sp³-hybridized carbons (Fsp3) is 0.644. The van der Waals surface area contributed by atoms with Crippen molar-refractivity contribution in [1.29, 1.82) is 0 Å². The van der Waals surface area contributed by atoms with Gasteiger partial charge >= 0.3 is 11.9 Å². The van der Waals surface area contributed by atoms with E-state index in [4.69, 9.17) is 23.2 Å². The molecule has 290 valence electrons. The van der Waals surface area contributed by atoms with Crippen molar-refractivity contribution in [3.63, 3.8) is 0 Å². The summed E-state index contributed by atoms with van der Waals surface area (Å²) < 4.78 is 0. The minimum Gasteiger partial charge on any atom is -0.505 e. The summed E-state index contributed by atoms with van der Waals surface area (Å²) in [5.74, 6) is 2.64. The van der Waals surface area contributed by atoms with Crippen LogP contribution >= 0.6 is 23.2 Å². The summed E-state index contributed by atoms with van der Waals surface area (Å²) in [4.78, 5) is 23.9. The molecule has 8 heteroatoms. The topological polar surface area (TPSA) is 115 Å². The van der Waals surface area contributed by atoms with Gasteiger partial charge in [0.1, 0.15) is 22.6 Å². The Kier molecular flexibility index (Phi) is 11.9. The lowest BCUT2D eigenvalue weighted by molar-refractivity contribution is -0.121. The monoisotopic (exact) mass is 766 g/mol. The van der Waals surface area contributed by atoms with Gasteiger partial charge in [-0.3, -0.25) is 0 Å². The molecule has 4 aliphatic rings. The number of fused-ring (bicyclic) bond motifs is 5. The molecular weight excluding hydrogens is 707 g/mol. The Labute approximate surface area is 326 Å². The fourth-order valence-corrected chi connectivity index (χ4v) is 12.8. The van der Waals surface area contributed by atoms with E-state index >= 15 is 0 Å². The lowest BCUT2D eigenvalue weighted by Gasteiger charge is -2.61. The Balaban J connectivity index is 1.17. The minimum absolute atomic E-state index is 0.122. The van der Waals surface area contributed by atoms with E-state index in [1.165, 1.54) is 101 Å². The molecule has 4 aliphatic carbocycles. The van der Waals surface area contributed by atoms with Gasteiger partial charge in [0, 0.05) is 0 Å². The van der Waals surface area contributed by atoms with E-state index in [2.05, 4.69) is 34.6 Å². The van der Waals surface area contributed by atoms with Crippen LogP contribution in [0.3, 0.4) is 0 Å². The maximum absolute atomic E-state index is 12.0. The Bertz CT molecular complexity index is 1660. The number of carbonyl (C=O) groups is 2. The zero-order valence-electron chi connectivity index (χ0n) is 32.3. The first-order chi connectivity index (χ1) is 25.0. The van der Waals surface area contributed by atoms with E-state index in [1.807, 2.05) is 6.08 Å². The predicted octanol–water partition coefficient (Wildman–Crippen LogP) is 12.8. The molecule has 4 fully saturated rings. The molecule has 0 bridgehead atoms. The van der Waals surface area contributed by atoms with Crippen LogP contribution in [0.2, 0.25) is 10.0 Å². The zero-order chi connectivity index (χ0) is 38.4. The van der Waals surface area contributed by atoms with Crippen LogP contribution in [-0.4, -0.2) is 32.4 Å². The second-order valence-corrected chi connectivity index (χ2v) is 19.2. The van der Waals surface area contributed by atoms with Crippen molar-refractivity contribution in [1.82, 2.24) is 0 Å². The normalized spacial score (nSPS) is 31.3. The first-order valence-electron chi connectivity index (χ1n) is 20.3. The molecule has 0 aromatic heterocycles. The van der Waals surface area contributed by atoms with Crippen LogP contribution in [0.5, 0.6) is 11.5 Å². The van der Waals surface area contributed by atoms with Gasteiger partial charge in [-0.05, 0) is 170 Å². The van der Waals surface area contributed by atoms with Crippen LogP contribution in [0, 0.1) is 58.2 Å². The van der Waals surface area contributed by atoms with Crippen molar-refractivity contribution in [2.24, 2.45) is 58.2 Å². The lowest BCUT2D eigenvalue weighted by Crippen LogP contribution is -2.53. The van der Waals surface area contributed by atoms with Crippen LogP contribution in [0.1, 0.15) is 156 Å². The summed E-state index contributed by atoms with van der Waals surface area (Å²) in [6.45, 7) is 12.6. The van der Waals surface area contributed by atoms with E-state index in [9.17, 15) is 30.0 Å². The second kappa shape index (κ2) is 15.8. The van der Waals surface area contributed by atoms with Gasteiger partial charge in [0.2, 0.25) is 0 Å². The quantitative estimate of drug-likeness (QED) is 0.171. The molecule has 6 rings (SSSR count). The highest BCUT2D eigenvalue weighted by Crippen LogP contribution is 2.69. The smallest absolute Gasteiger partial charge is 0.339 e. The number of aromatic carboxylic acids is 2. The molecular formula is C45H60Cl2O6. The lowest BCUT2D eigenvalue weighted by atomic mass is 9.44. The molecule has 53 heavy (non-hydrogen) atoms. The minimum atomic E-state index is -1.33. The van der Waals surface area contributed by atoms with Gasteiger partial charge < -0.3 is 20.4 Å². The summed E-state index contributed by atoms with van der Waals surface area (Å²) in [5.41, 5.74) is 1.58. The zero-order valence-corrected chi connectivity index (χ0v) is 33.8. The van der Waals surface area contributed by atoms with E-state index in [-0.39, 0.29) is 21.2 Å². The second-order valence-electron chi connectivity index (χ2n) is 18.3. The Morgan fingerprint density at radius 2 is 1.38 bits per heavy atom. The maximum Gasteiger partial charge on any atom is 0.339 e. The van der Waals surface area contributed by atoms with Gasteiger partial charge in [-0.1, -0.05) is 83.2 Å². The van der Waals surface area contributed by atoms with Gasteiger partial charge in [-0.15, -0.1) is 0 Å². The Morgan fingerprint density at radius 1 is 0.792 bits per heavy atom. The van der Waals surface area contributed by atoms with E-state index in [0.717, 1.165) is 47.8 Å².